The summed E-state index contributed by atoms with van der Waals surface area (Å²) in [7, 11) is 0. The van der Waals surface area contributed by atoms with Gasteiger partial charge in [-0.2, -0.15) is 0 Å². The monoisotopic (exact) mass is 312 g/mol. The van der Waals surface area contributed by atoms with Gasteiger partial charge in [-0.3, -0.25) is 4.79 Å². The molecular weight excluding hydrogens is 288 g/mol. The van der Waals surface area contributed by atoms with E-state index in [2.05, 4.69) is 33.8 Å². The lowest BCUT2D eigenvalue weighted by molar-refractivity contribution is -0.132. The summed E-state index contributed by atoms with van der Waals surface area (Å²) in [5.41, 5.74) is 1.23. The van der Waals surface area contributed by atoms with Gasteiger partial charge in [-0.1, -0.05) is 30.3 Å². The number of rotatable bonds is 5. The number of aryl methyl sites for hydroxylation is 2. The van der Waals surface area contributed by atoms with Crippen molar-refractivity contribution in [3.8, 4) is 0 Å². The number of hydrogen-bond donors (Lipinski definition) is 0. The van der Waals surface area contributed by atoms with Gasteiger partial charge in [0.25, 0.3) is 0 Å². The minimum Gasteiger partial charge on any atom is -0.343 e. The Morgan fingerprint density at radius 1 is 1.22 bits per heavy atom. The van der Waals surface area contributed by atoms with Crippen molar-refractivity contribution >= 4 is 5.91 Å². The van der Waals surface area contributed by atoms with Crippen LogP contribution >= 0.6 is 0 Å². The number of piperidine rings is 1. The smallest absolute Gasteiger partial charge is 0.222 e. The highest BCUT2D eigenvalue weighted by atomic mass is 16.2. The van der Waals surface area contributed by atoms with E-state index < -0.39 is 0 Å². The summed E-state index contributed by atoms with van der Waals surface area (Å²) < 4.78 is 2.11. The van der Waals surface area contributed by atoms with E-state index in [9.17, 15) is 4.79 Å². The lowest BCUT2D eigenvalue weighted by Crippen LogP contribution is -2.38. The maximum Gasteiger partial charge on any atom is 0.222 e. The predicted octanol–water partition coefficient (Wildman–Crippen LogP) is 2.64. The van der Waals surface area contributed by atoms with Crippen molar-refractivity contribution in [1.82, 2.24) is 19.7 Å². The van der Waals surface area contributed by atoms with Crippen LogP contribution in [0.3, 0.4) is 0 Å². The van der Waals surface area contributed by atoms with Crippen LogP contribution in [0.4, 0.5) is 0 Å². The molecule has 5 heteroatoms. The summed E-state index contributed by atoms with van der Waals surface area (Å²) >= 11 is 0. The molecule has 0 spiro atoms. The summed E-state index contributed by atoms with van der Waals surface area (Å²) in [4.78, 5) is 14.4. The fraction of sp³-hybridized carbons (Fsp3) is 0.500. The lowest BCUT2D eigenvalue weighted by atomic mass is 9.95. The Labute approximate surface area is 137 Å². The van der Waals surface area contributed by atoms with E-state index in [1.807, 2.05) is 23.1 Å². The summed E-state index contributed by atoms with van der Waals surface area (Å²) in [5.74, 6) is 1.77. The molecule has 0 unspecified atom stereocenters. The summed E-state index contributed by atoms with van der Waals surface area (Å²) in [6, 6.07) is 10.2. The fourth-order valence-corrected chi connectivity index (χ4v) is 3.26. The van der Waals surface area contributed by atoms with Crippen molar-refractivity contribution in [3.05, 3.63) is 48.0 Å². The molecule has 1 amide bonds. The van der Waals surface area contributed by atoms with Gasteiger partial charge in [-0.15, -0.1) is 10.2 Å². The second kappa shape index (κ2) is 7.40. The van der Waals surface area contributed by atoms with Crippen molar-refractivity contribution in [2.45, 2.75) is 45.1 Å². The molecule has 1 saturated heterocycles. The molecule has 0 bridgehead atoms. The molecule has 5 nitrogen and oxygen atoms in total. The molecule has 1 aliphatic heterocycles. The van der Waals surface area contributed by atoms with Gasteiger partial charge in [0.2, 0.25) is 5.91 Å². The zero-order valence-electron chi connectivity index (χ0n) is 13.7. The molecule has 3 rings (SSSR count). The van der Waals surface area contributed by atoms with Gasteiger partial charge in [-0.05, 0) is 31.7 Å². The average Bonchev–Trinajstić information content (AvgIpc) is 3.09. The number of carbonyl (C=O) groups is 1. The highest BCUT2D eigenvalue weighted by molar-refractivity contribution is 5.76. The van der Waals surface area contributed by atoms with Gasteiger partial charge >= 0.3 is 0 Å². The van der Waals surface area contributed by atoms with Crippen molar-refractivity contribution in [1.29, 1.82) is 0 Å². The number of carbonyl (C=O) groups excluding carboxylic acids is 1. The Balaban J connectivity index is 1.49. The standard InChI is InChI=1S/C18H24N4O/c1-2-21-14-19-20-18(21)16-10-12-22(13-11-16)17(23)9-8-15-6-4-3-5-7-15/h3-7,14,16H,2,8-13H2,1H3. The summed E-state index contributed by atoms with van der Waals surface area (Å²) in [6.45, 7) is 4.66. The molecule has 2 heterocycles. The molecule has 1 aromatic heterocycles. The van der Waals surface area contributed by atoms with Gasteiger partial charge in [0, 0.05) is 32.0 Å². The van der Waals surface area contributed by atoms with E-state index >= 15 is 0 Å². The maximum absolute atomic E-state index is 12.4. The van der Waals surface area contributed by atoms with Crippen molar-refractivity contribution < 1.29 is 4.79 Å². The van der Waals surface area contributed by atoms with Crippen LogP contribution in [0.1, 0.15) is 43.5 Å². The molecule has 1 aliphatic rings. The first-order valence-corrected chi connectivity index (χ1v) is 8.47. The molecule has 23 heavy (non-hydrogen) atoms. The van der Waals surface area contributed by atoms with E-state index in [4.69, 9.17) is 0 Å². The zero-order valence-corrected chi connectivity index (χ0v) is 13.7. The largest absolute Gasteiger partial charge is 0.343 e. The van der Waals surface area contributed by atoms with E-state index in [1.165, 1.54) is 5.56 Å². The fourth-order valence-electron chi connectivity index (χ4n) is 3.26. The van der Waals surface area contributed by atoms with Crippen molar-refractivity contribution in [2.24, 2.45) is 0 Å². The quantitative estimate of drug-likeness (QED) is 0.853. The number of amides is 1. The second-order valence-electron chi connectivity index (χ2n) is 6.12. The SMILES string of the molecule is CCn1cnnc1C1CCN(C(=O)CCc2ccccc2)CC1. The van der Waals surface area contributed by atoms with Crippen LogP contribution in [0, 0.1) is 0 Å². The Hall–Kier alpha value is -2.17. The first kappa shape index (κ1) is 15.7. The Bertz CT molecular complexity index is 629. The molecule has 0 N–H and O–H groups in total. The minimum absolute atomic E-state index is 0.268. The minimum atomic E-state index is 0.268. The van der Waals surface area contributed by atoms with Gasteiger partial charge in [0.05, 0.1) is 0 Å². The summed E-state index contributed by atoms with van der Waals surface area (Å²) in [6.07, 6.45) is 5.18. The molecule has 122 valence electrons. The number of hydrogen-bond acceptors (Lipinski definition) is 3. The molecule has 1 fully saturated rings. The van der Waals surface area contributed by atoms with E-state index in [0.717, 1.165) is 44.7 Å². The highest BCUT2D eigenvalue weighted by Gasteiger charge is 2.26. The van der Waals surface area contributed by atoms with Crippen LogP contribution in [0.15, 0.2) is 36.7 Å². The normalized spacial score (nSPS) is 15.8. The molecule has 0 aliphatic carbocycles. The van der Waals surface area contributed by atoms with Gasteiger partial charge in [0.1, 0.15) is 12.2 Å². The zero-order chi connectivity index (χ0) is 16.1. The van der Waals surface area contributed by atoms with Crippen LogP contribution in [0.2, 0.25) is 0 Å². The first-order chi connectivity index (χ1) is 11.3. The molecule has 2 aromatic rings. The topological polar surface area (TPSA) is 51.0 Å². The third-order valence-electron chi connectivity index (χ3n) is 4.67. The Morgan fingerprint density at radius 2 is 1.96 bits per heavy atom. The molecule has 0 saturated carbocycles. The third kappa shape index (κ3) is 3.78. The van der Waals surface area contributed by atoms with Crippen LogP contribution in [-0.2, 0) is 17.8 Å². The lowest BCUT2D eigenvalue weighted by Gasteiger charge is -2.31. The summed E-state index contributed by atoms with van der Waals surface area (Å²) in [5, 5.41) is 8.28. The first-order valence-electron chi connectivity index (χ1n) is 8.47. The highest BCUT2D eigenvalue weighted by Crippen LogP contribution is 2.26. The second-order valence-corrected chi connectivity index (χ2v) is 6.12. The molecule has 1 aromatic carbocycles. The number of benzene rings is 1. The molecular formula is C18H24N4O. The van der Waals surface area contributed by atoms with Gasteiger partial charge in [0.15, 0.2) is 0 Å². The predicted molar refractivity (Wildman–Crippen MR) is 89.0 cm³/mol. The van der Waals surface area contributed by atoms with Crippen LogP contribution < -0.4 is 0 Å². The van der Waals surface area contributed by atoms with Crippen molar-refractivity contribution in [2.75, 3.05) is 13.1 Å². The number of aromatic nitrogens is 3. The van der Waals surface area contributed by atoms with E-state index in [0.29, 0.717) is 12.3 Å². The number of nitrogens with zero attached hydrogens (tertiary/aromatic N) is 4. The van der Waals surface area contributed by atoms with Crippen LogP contribution in [0.5, 0.6) is 0 Å². The average molecular weight is 312 g/mol. The van der Waals surface area contributed by atoms with Crippen LogP contribution in [-0.4, -0.2) is 38.7 Å². The third-order valence-corrected chi connectivity index (χ3v) is 4.67. The Kier molecular flexibility index (Phi) is 5.05. The molecule has 0 atom stereocenters. The van der Waals surface area contributed by atoms with Crippen LogP contribution in [0.25, 0.3) is 0 Å². The van der Waals surface area contributed by atoms with E-state index in [-0.39, 0.29) is 5.91 Å². The number of likely N-dealkylation sites (tertiary alicyclic amines) is 1. The van der Waals surface area contributed by atoms with Gasteiger partial charge in [-0.25, -0.2) is 0 Å². The van der Waals surface area contributed by atoms with Gasteiger partial charge < -0.3 is 9.47 Å². The van der Waals surface area contributed by atoms with E-state index in [1.54, 1.807) is 6.33 Å². The maximum atomic E-state index is 12.4. The van der Waals surface area contributed by atoms with Crippen molar-refractivity contribution in [3.63, 3.8) is 0 Å². The Morgan fingerprint density at radius 3 is 2.65 bits per heavy atom. The molecule has 0 radical (unpaired) electrons.